The highest BCUT2D eigenvalue weighted by molar-refractivity contribution is 4.84. The Balaban J connectivity index is 4.43. The minimum absolute atomic E-state index is 0.376. The summed E-state index contributed by atoms with van der Waals surface area (Å²) >= 11 is 0. The number of hydrogen-bond donors (Lipinski definition) is 8. The van der Waals surface area contributed by atoms with Gasteiger partial charge in [-0.1, -0.05) is 0 Å². The Kier molecular flexibility index (Phi) is 20.7. The quantitative estimate of drug-likeness (QED) is 0.110. The molecule has 158 valence electrons. The first-order valence-electron chi connectivity index (χ1n) is 10.5. The lowest BCUT2D eigenvalue weighted by Gasteiger charge is -2.30. The molecule has 0 aromatic heterocycles. The first-order valence-corrected chi connectivity index (χ1v) is 10.5. The van der Waals surface area contributed by atoms with E-state index < -0.39 is 0 Å². The minimum atomic E-state index is 0.376. The van der Waals surface area contributed by atoms with Crippen LogP contribution in [-0.4, -0.2) is 77.5 Å². The van der Waals surface area contributed by atoms with E-state index >= 15 is 0 Å². The maximum absolute atomic E-state index is 5.66. The zero-order valence-corrected chi connectivity index (χ0v) is 16.8. The molecule has 0 aromatic carbocycles. The Morgan fingerprint density at radius 1 is 0.500 bits per heavy atom. The van der Waals surface area contributed by atoms with Crippen LogP contribution in [-0.2, 0) is 0 Å². The molecular formula is C18H46N8. The fraction of sp³-hybridized carbons (Fsp3) is 1.00. The van der Waals surface area contributed by atoms with Crippen LogP contribution in [0, 0.1) is 0 Å². The minimum Gasteiger partial charge on any atom is -0.330 e. The lowest BCUT2D eigenvalue weighted by Crippen LogP contribution is -2.54. The summed E-state index contributed by atoms with van der Waals surface area (Å²) in [5.74, 6) is 0. The van der Waals surface area contributed by atoms with Crippen LogP contribution >= 0.6 is 0 Å². The molecule has 0 bridgehead atoms. The van der Waals surface area contributed by atoms with E-state index in [2.05, 4.69) is 21.3 Å². The zero-order chi connectivity index (χ0) is 19.3. The van der Waals surface area contributed by atoms with E-state index in [4.69, 9.17) is 22.9 Å². The van der Waals surface area contributed by atoms with E-state index in [-0.39, 0.29) is 0 Å². The molecule has 0 rings (SSSR count). The molecule has 8 nitrogen and oxygen atoms in total. The van der Waals surface area contributed by atoms with Crippen molar-refractivity contribution in [2.75, 3.05) is 65.4 Å². The van der Waals surface area contributed by atoms with Crippen molar-refractivity contribution in [3.8, 4) is 0 Å². The van der Waals surface area contributed by atoms with Gasteiger partial charge in [0.2, 0.25) is 0 Å². The Labute approximate surface area is 161 Å². The van der Waals surface area contributed by atoms with Crippen LogP contribution in [0.25, 0.3) is 0 Å². The van der Waals surface area contributed by atoms with Gasteiger partial charge < -0.3 is 44.2 Å². The van der Waals surface area contributed by atoms with E-state index in [1.54, 1.807) is 0 Å². The van der Waals surface area contributed by atoms with Gasteiger partial charge in [-0.05, 0) is 97.4 Å². The van der Waals surface area contributed by atoms with Crippen molar-refractivity contribution < 1.29 is 0 Å². The van der Waals surface area contributed by atoms with Crippen molar-refractivity contribution in [3.05, 3.63) is 0 Å². The SMILES string of the molecule is NCCCNCCCC(NCCCN)C(CNCCCN)NCCCN. The summed E-state index contributed by atoms with van der Waals surface area (Å²) in [5.41, 5.74) is 22.4. The third-order valence-corrected chi connectivity index (χ3v) is 4.41. The van der Waals surface area contributed by atoms with Gasteiger partial charge in [0.15, 0.2) is 0 Å². The van der Waals surface area contributed by atoms with Crippen LogP contribution in [0.4, 0.5) is 0 Å². The van der Waals surface area contributed by atoms with Crippen molar-refractivity contribution in [3.63, 3.8) is 0 Å². The molecule has 0 fully saturated rings. The Morgan fingerprint density at radius 2 is 0.962 bits per heavy atom. The molecule has 2 atom stereocenters. The first kappa shape index (κ1) is 25.7. The average molecular weight is 375 g/mol. The van der Waals surface area contributed by atoms with E-state index in [1.807, 2.05) is 0 Å². The van der Waals surface area contributed by atoms with Crippen LogP contribution in [0.1, 0.15) is 38.5 Å². The summed E-state index contributed by atoms with van der Waals surface area (Å²) in [4.78, 5) is 0. The summed E-state index contributed by atoms with van der Waals surface area (Å²) in [6.07, 6.45) is 6.30. The van der Waals surface area contributed by atoms with Crippen LogP contribution < -0.4 is 44.2 Å². The van der Waals surface area contributed by atoms with Gasteiger partial charge in [0.1, 0.15) is 0 Å². The van der Waals surface area contributed by atoms with Crippen LogP contribution in [0.3, 0.4) is 0 Å². The zero-order valence-electron chi connectivity index (χ0n) is 16.8. The molecule has 0 spiro atoms. The van der Waals surface area contributed by atoms with E-state index in [9.17, 15) is 0 Å². The number of hydrogen-bond acceptors (Lipinski definition) is 8. The van der Waals surface area contributed by atoms with Crippen molar-refractivity contribution in [2.24, 2.45) is 22.9 Å². The standard InChI is InChI=1S/C18H46N8/c19-7-2-12-23-11-1-6-17(25-14-4-9-21)18(26-15-5-10-22)16-24-13-3-8-20/h17-18,23-26H,1-16,19-22H2. The highest BCUT2D eigenvalue weighted by Crippen LogP contribution is 2.04. The van der Waals surface area contributed by atoms with Gasteiger partial charge in [-0.3, -0.25) is 0 Å². The van der Waals surface area contributed by atoms with Crippen molar-refractivity contribution >= 4 is 0 Å². The van der Waals surface area contributed by atoms with Gasteiger partial charge in [0.05, 0.1) is 0 Å². The van der Waals surface area contributed by atoms with Crippen LogP contribution in [0.2, 0.25) is 0 Å². The molecular weight excluding hydrogens is 328 g/mol. The predicted octanol–water partition coefficient (Wildman–Crippen LogP) is -1.74. The van der Waals surface area contributed by atoms with Crippen molar-refractivity contribution in [2.45, 2.75) is 50.6 Å². The van der Waals surface area contributed by atoms with Crippen molar-refractivity contribution in [1.29, 1.82) is 0 Å². The Bertz CT molecular complexity index is 268. The van der Waals surface area contributed by atoms with Gasteiger partial charge in [-0.2, -0.15) is 0 Å². The first-order chi connectivity index (χ1) is 12.8. The molecule has 0 aliphatic carbocycles. The van der Waals surface area contributed by atoms with E-state index in [0.29, 0.717) is 12.1 Å². The maximum atomic E-state index is 5.66. The summed E-state index contributed by atoms with van der Waals surface area (Å²) < 4.78 is 0. The smallest absolute Gasteiger partial charge is 0.0346 e. The Hall–Kier alpha value is -0.320. The van der Waals surface area contributed by atoms with Gasteiger partial charge in [-0.15, -0.1) is 0 Å². The maximum Gasteiger partial charge on any atom is 0.0346 e. The van der Waals surface area contributed by atoms with Crippen molar-refractivity contribution in [1.82, 2.24) is 21.3 Å². The molecule has 8 heteroatoms. The number of nitrogens with one attached hydrogen (secondary N) is 4. The highest BCUT2D eigenvalue weighted by atomic mass is 15.1. The number of rotatable bonds is 21. The molecule has 26 heavy (non-hydrogen) atoms. The molecule has 0 amide bonds. The lowest BCUT2D eigenvalue weighted by atomic mass is 10.0. The summed E-state index contributed by atoms with van der Waals surface area (Å²) in [6.45, 7) is 8.75. The van der Waals surface area contributed by atoms with Gasteiger partial charge >= 0.3 is 0 Å². The fourth-order valence-electron chi connectivity index (χ4n) is 2.86. The molecule has 0 saturated carbocycles. The summed E-state index contributed by atoms with van der Waals surface area (Å²) in [5, 5.41) is 14.4. The molecule has 0 saturated heterocycles. The second-order valence-corrected chi connectivity index (χ2v) is 6.79. The van der Waals surface area contributed by atoms with E-state index in [0.717, 1.165) is 104 Å². The summed E-state index contributed by atoms with van der Waals surface area (Å²) in [7, 11) is 0. The average Bonchev–Trinajstić information content (AvgIpc) is 2.65. The second kappa shape index (κ2) is 21.0. The molecule has 0 aliphatic rings. The lowest BCUT2D eigenvalue weighted by molar-refractivity contribution is 0.330. The van der Waals surface area contributed by atoms with Crippen LogP contribution in [0.15, 0.2) is 0 Å². The third-order valence-electron chi connectivity index (χ3n) is 4.41. The normalized spacial score (nSPS) is 13.8. The highest BCUT2D eigenvalue weighted by Gasteiger charge is 2.19. The molecule has 12 N–H and O–H groups in total. The van der Waals surface area contributed by atoms with E-state index in [1.165, 1.54) is 0 Å². The molecule has 2 unspecified atom stereocenters. The topological polar surface area (TPSA) is 152 Å². The van der Waals surface area contributed by atoms with Gasteiger partial charge in [-0.25, -0.2) is 0 Å². The molecule has 0 aliphatic heterocycles. The molecule has 0 radical (unpaired) electrons. The van der Waals surface area contributed by atoms with Gasteiger partial charge in [0.25, 0.3) is 0 Å². The fourth-order valence-corrected chi connectivity index (χ4v) is 2.86. The largest absolute Gasteiger partial charge is 0.330 e. The molecule has 0 aromatic rings. The van der Waals surface area contributed by atoms with Gasteiger partial charge in [0, 0.05) is 18.6 Å². The summed E-state index contributed by atoms with van der Waals surface area (Å²) in [6, 6.07) is 0.794. The monoisotopic (exact) mass is 374 g/mol. The second-order valence-electron chi connectivity index (χ2n) is 6.79. The number of nitrogens with two attached hydrogens (primary N) is 4. The van der Waals surface area contributed by atoms with Crippen LogP contribution in [0.5, 0.6) is 0 Å². The molecule has 0 heterocycles. The Morgan fingerprint density at radius 3 is 1.54 bits per heavy atom. The third kappa shape index (κ3) is 15.9. The predicted molar refractivity (Wildman–Crippen MR) is 113 cm³/mol.